The monoisotopic (exact) mass is 579 g/mol. The molecule has 0 aliphatic heterocycles. The van der Waals surface area contributed by atoms with Crippen molar-refractivity contribution in [1.82, 2.24) is 0 Å². The Balaban J connectivity index is 1.48. The minimum atomic E-state index is -0.209. The van der Waals surface area contributed by atoms with E-state index in [4.69, 9.17) is 4.42 Å². The molecule has 0 amide bonds. The summed E-state index contributed by atoms with van der Waals surface area (Å²) in [5, 5.41) is 4.81. The van der Waals surface area contributed by atoms with Crippen molar-refractivity contribution in [2.24, 2.45) is 0 Å². The largest absolute Gasteiger partial charge is 0.454 e. The summed E-state index contributed by atoms with van der Waals surface area (Å²) in [6.45, 7) is 4.71. The van der Waals surface area contributed by atoms with E-state index in [1.54, 1.807) is 0 Å². The molecule has 1 aromatic heterocycles. The number of para-hydroxylation sites is 3. The van der Waals surface area contributed by atoms with Gasteiger partial charge in [0.2, 0.25) is 0 Å². The quantitative estimate of drug-likeness (QED) is 0.207. The van der Waals surface area contributed by atoms with E-state index in [0.717, 1.165) is 43.5 Å². The Morgan fingerprint density at radius 3 is 2.23 bits per heavy atom. The molecule has 40 heavy (non-hydrogen) atoms. The first kappa shape index (κ1) is 23.5. The lowest BCUT2D eigenvalue weighted by molar-refractivity contribution is 0.659. The second-order valence-corrected chi connectivity index (χ2v) is 12.0. The number of hydrogen-bond donors (Lipinski definition) is 0. The summed E-state index contributed by atoms with van der Waals surface area (Å²) in [4.78, 5) is 2.38. The van der Waals surface area contributed by atoms with Gasteiger partial charge in [-0.1, -0.05) is 115 Å². The van der Waals surface area contributed by atoms with E-state index in [1.807, 2.05) is 12.1 Å². The van der Waals surface area contributed by atoms with Crippen molar-refractivity contribution < 1.29 is 4.42 Å². The molecular weight excluding hydrogens is 554 g/mol. The predicted molar refractivity (Wildman–Crippen MR) is 171 cm³/mol. The van der Waals surface area contributed by atoms with Crippen molar-refractivity contribution >= 4 is 65.7 Å². The van der Waals surface area contributed by atoms with Crippen molar-refractivity contribution in [1.29, 1.82) is 0 Å². The lowest BCUT2D eigenvalue weighted by Crippen LogP contribution is -2.20. The number of nitrogens with zero attached hydrogens (tertiary/aromatic N) is 1. The molecule has 0 radical (unpaired) electrons. The molecule has 1 heterocycles. The van der Waals surface area contributed by atoms with Gasteiger partial charge < -0.3 is 9.32 Å². The molecule has 0 unspecified atom stereocenters. The number of halogens is 1. The molecule has 3 heteroatoms. The van der Waals surface area contributed by atoms with Gasteiger partial charge in [-0.15, -0.1) is 0 Å². The van der Waals surface area contributed by atoms with Crippen molar-refractivity contribution in [3.8, 4) is 11.1 Å². The molecule has 0 bridgehead atoms. The van der Waals surface area contributed by atoms with Crippen LogP contribution >= 0.6 is 15.9 Å². The minimum Gasteiger partial charge on any atom is -0.454 e. The van der Waals surface area contributed by atoms with Gasteiger partial charge in [-0.05, 0) is 69.4 Å². The standard InChI is InChI=1S/C37H26BrNO/c1-37(2)30-20-19-23-11-6-7-14-26(23)34(30)29-21-24(38)22-32(35(29)37)39(25-12-4-3-5-13-25)31-17-10-16-28-27-15-8-9-18-33(27)40-36(28)31/h3-22H,1-2H3. The summed E-state index contributed by atoms with van der Waals surface area (Å²) in [5.74, 6) is 0. The molecule has 0 N–H and O–H groups in total. The normalized spacial score (nSPS) is 13.6. The molecule has 0 saturated carbocycles. The summed E-state index contributed by atoms with van der Waals surface area (Å²) in [6, 6.07) is 43.3. The fraction of sp³-hybridized carbons (Fsp3) is 0.0811. The number of rotatable bonds is 3. The maximum atomic E-state index is 6.58. The molecule has 0 atom stereocenters. The first-order valence-electron chi connectivity index (χ1n) is 13.6. The highest BCUT2D eigenvalue weighted by Crippen LogP contribution is 2.57. The van der Waals surface area contributed by atoms with Crippen LogP contribution in [-0.2, 0) is 5.41 Å². The van der Waals surface area contributed by atoms with Crippen molar-refractivity contribution in [3.63, 3.8) is 0 Å². The number of fused-ring (bicyclic) bond motifs is 8. The number of benzene rings is 6. The van der Waals surface area contributed by atoms with Gasteiger partial charge in [-0.3, -0.25) is 0 Å². The molecule has 0 fully saturated rings. The van der Waals surface area contributed by atoms with Crippen molar-refractivity contribution in [2.45, 2.75) is 19.3 Å². The molecule has 8 rings (SSSR count). The van der Waals surface area contributed by atoms with Gasteiger partial charge in [0, 0.05) is 26.3 Å². The van der Waals surface area contributed by atoms with E-state index >= 15 is 0 Å². The first-order chi connectivity index (χ1) is 19.5. The molecule has 0 spiro atoms. The van der Waals surface area contributed by atoms with E-state index < -0.39 is 0 Å². The maximum absolute atomic E-state index is 6.58. The fourth-order valence-corrected chi connectivity index (χ4v) is 7.18. The third kappa shape index (κ3) is 3.28. The summed E-state index contributed by atoms with van der Waals surface area (Å²) in [7, 11) is 0. The highest BCUT2D eigenvalue weighted by Gasteiger charge is 2.40. The van der Waals surface area contributed by atoms with Crippen LogP contribution in [0, 0.1) is 0 Å². The van der Waals surface area contributed by atoms with Crippen molar-refractivity contribution in [3.05, 3.63) is 137 Å². The zero-order valence-corrected chi connectivity index (χ0v) is 23.9. The van der Waals surface area contributed by atoms with Gasteiger partial charge in [0.15, 0.2) is 5.58 Å². The lowest BCUT2D eigenvalue weighted by Gasteiger charge is -2.32. The van der Waals surface area contributed by atoms with Crippen LogP contribution in [0.15, 0.2) is 130 Å². The lowest BCUT2D eigenvalue weighted by atomic mass is 9.81. The molecule has 1 aliphatic carbocycles. The smallest absolute Gasteiger partial charge is 0.159 e. The SMILES string of the molecule is CC1(C)c2ccc3ccccc3c2-c2cc(Br)cc(N(c3ccccc3)c3cccc4c3oc3ccccc34)c21. The van der Waals surface area contributed by atoms with E-state index in [9.17, 15) is 0 Å². The van der Waals surface area contributed by atoms with Crippen LogP contribution in [0.25, 0.3) is 43.8 Å². The second-order valence-electron chi connectivity index (χ2n) is 11.1. The molecule has 1 aliphatic rings. The number of hydrogen-bond acceptors (Lipinski definition) is 2. The summed E-state index contributed by atoms with van der Waals surface area (Å²) in [5.41, 5.74) is 10.1. The van der Waals surface area contributed by atoms with Gasteiger partial charge in [-0.2, -0.15) is 0 Å². The molecular formula is C37H26BrNO. The number of anilines is 3. The Hall–Kier alpha value is -4.34. The van der Waals surface area contributed by atoms with E-state index in [0.29, 0.717) is 0 Å². The fourth-order valence-electron chi connectivity index (χ4n) is 6.73. The zero-order chi connectivity index (χ0) is 27.0. The Labute approximate surface area is 241 Å². The maximum Gasteiger partial charge on any atom is 0.159 e. The van der Waals surface area contributed by atoms with Gasteiger partial charge in [0.1, 0.15) is 5.58 Å². The van der Waals surface area contributed by atoms with Crippen LogP contribution in [-0.4, -0.2) is 0 Å². The van der Waals surface area contributed by atoms with E-state index in [2.05, 4.69) is 144 Å². The average Bonchev–Trinajstić information content (AvgIpc) is 3.47. The third-order valence-corrected chi connectivity index (χ3v) is 8.92. The predicted octanol–water partition coefficient (Wildman–Crippen LogP) is 11.3. The molecule has 7 aromatic rings. The minimum absolute atomic E-state index is 0.209. The van der Waals surface area contributed by atoms with Crippen LogP contribution in [0.4, 0.5) is 17.1 Å². The van der Waals surface area contributed by atoms with Gasteiger partial charge in [-0.25, -0.2) is 0 Å². The average molecular weight is 581 g/mol. The third-order valence-electron chi connectivity index (χ3n) is 8.46. The summed E-state index contributed by atoms with van der Waals surface area (Å²) >= 11 is 3.91. The molecule has 6 aromatic carbocycles. The van der Waals surface area contributed by atoms with Crippen LogP contribution in [0.5, 0.6) is 0 Å². The topological polar surface area (TPSA) is 16.4 Å². The summed E-state index contributed by atoms with van der Waals surface area (Å²) < 4.78 is 7.63. The highest BCUT2D eigenvalue weighted by atomic mass is 79.9. The van der Waals surface area contributed by atoms with Crippen LogP contribution in [0.2, 0.25) is 0 Å². The van der Waals surface area contributed by atoms with Crippen LogP contribution in [0.1, 0.15) is 25.0 Å². The van der Waals surface area contributed by atoms with Crippen LogP contribution in [0.3, 0.4) is 0 Å². The molecule has 0 saturated heterocycles. The van der Waals surface area contributed by atoms with E-state index in [1.165, 1.54) is 33.0 Å². The van der Waals surface area contributed by atoms with Gasteiger partial charge in [0.05, 0.1) is 11.4 Å². The van der Waals surface area contributed by atoms with E-state index in [-0.39, 0.29) is 5.41 Å². The Morgan fingerprint density at radius 2 is 1.38 bits per heavy atom. The molecule has 2 nitrogen and oxygen atoms in total. The summed E-state index contributed by atoms with van der Waals surface area (Å²) in [6.07, 6.45) is 0. The zero-order valence-electron chi connectivity index (χ0n) is 22.3. The van der Waals surface area contributed by atoms with Crippen LogP contribution < -0.4 is 4.90 Å². The molecule has 192 valence electrons. The highest BCUT2D eigenvalue weighted by molar-refractivity contribution is 9.10. The van der Waals surface area contributed by atoms with Crippen molar-refractivity contribution in [2.75, 3.05) is 4.90 Å². The van der Waals surface area contributed by atoms with Gasteiger partial charge in [0.25, 0.3) is 0 Å². The second kappa shape index (κ2) is 8.58. The Morgan fingerprint density at radius 1 is 0.650 bits per heavy atom. The van der Waals surface area contributed by atoms with Gasteiger partial charge >= 0.3 is 0 Å². The Kier molecular flexibility index (Phi) is 5.05. The Bertz CT molecular complexity index is 2110. The first-order valence-corrected chi connectivity index (χ1v) is 14.4. The number of furan rings is 1.